The number of hydrogen-bond donors (Lipinski definition) is 3. The number of nitrogens with one attached hydrogen (secondary N) is 1. The summed E-state index contributed by atoms with van der Waals surface area (Å²) in [6.45, 7) is 13.9. The molecule has 0 spiro atoms. The second-order valence-electron chi connectivity index (χ2n) is 9.79. The van der Waals surface area contributed by atoms with E-state index in [2.05, 4.69) is 72.2 Å². The van der Waals surface area contributed by atoms with Crippen molar-refractivity contribution in [3.05, 3.63) is 43.9 Å². The third-order valence-corrected chi connectivity index (χ3v) is 7.48. The quantitative estimate of drug-likeness (QED) is 0.275. The lowest BCUT2D eigenvalue weighted by molar-refractivity contribution is 0.767. The monoisotopic (exact) mass is 660 g/mol. The highest BCUT2D eigenvalue weighted by Gasteiger charge is 2.21. The van der Waals surface area contributed by atoms with Gasteiger partial charge in [0, 0.05) is 30.5 Å². The van der Waals surface area contributed by atoms with Crippen molar-refractivity contribution in [2.75, 3.05) is 34.8 Å². The second kappa shape index (κ2) is 11.9. The van der Waals surface area contributed by atoms with Gasteiger partial charge in [-0.3, -0.25) is 0 Å². The topological polar surface area (TPSA) is 155 Å². The Morgan fingerprint density at radius 3 is 1.72 bits per heavy atom. The van der Waals surface area contributed by atoms with E-state index >= 15 is 0 Å². The van der Waals surface area contributed by atoms with Gasteiger partial charge in [-0.15, -0.1) is 0 Å². The van der Waals surface area contributed by atoms with Crippen molar-refractivity contribution in [1.82, 2.24) is 39.5 Å². The molecule has 208 valence electrons. The number of halogens is 2. The number of aromatic nitrogens is 8. The van der Waals surface area contributed by atoms with Gasteiger partial charge >= 0.3 is 0 Å². The van der Waals surface area contributed by atoms with Crippen LogP contribution in [0.4, 0.5) is 23.3 Å². The third-order valence-electron chi connectivity index (χ3n) is 5.94. The Morgan fingerprint density at radius 2 is 1.26 bits per heavy atom. The van der Waals surface area contributed by atoms with Gasteiger partial charge < -0.3 is 21.7 Å². The zero-order chi connectivity index (χ0) is 28.4. The first-order valence-corrected chi connectivity index (χ1v) is 14.3. The van der Waals surface area contributed by atoms with Crippen LogP contribution in [0.2, 0.25) is 0 Å². The average Bonchev–Trinajstić information content (AvgIpc) is 3.59. The van der Waals surface area contributed by atoms with Gasteiger partial charge in [-0.1, -0.05) is 0 Å². The van der Waals surface area contributed by atoms with E-state index in [1.807, 2.05) is 53.7 Å². The maximum atomic E-state index is 6.02. The zero-order valence-corrected chi connectivity index (χ0v) is 26.2. The molecule has 5 rings (SSSR count). The van der Waals surface area contributed by atoms with Crippen molar-refractivity contribution < 1.29 is 0 Å². The molecule has 0 radical (unpaired) electrons. The summed E-state index contributed by atoms with van der Waals surface area (Å²) < 4.78 is 4.86. The molecule has 39 heavy (non-hydrogen) atoms. The Labute approximate surface area is 244 Å². The van der Waals surface area contributed by atoms with Gasteiger partial charge in [-0.2, -0.15) is 30.1 Å². The van der Waals surface area contributed by atoms with Gasteiger partial charge in [0.25, 0.3) is 11.9 Å². The van der Waals surface area contributed by atoms with E-state index in [-0.39, 0.29) is 6.04 Å². The highest BCUT2D eigenvalue weighted by atomic mass is 79.9. The van der Waals surface area contributed by atoms with Crippen molar-refractivity contribution in [1.29, 1.82) is 0 Å². The lowest BCUT2D eigenvalue weighted by atomic mass is 10.4. The van der Waals surface area contributed by atoms with E-state index in [9.17, 15) is 0 Å². The first-order chi connectivity index (χ1) is 18.4. The maximum absolute atomic E-state index is 6.02. The van der Waals surface area contributed by atoms with Crippen LogP contribution < -0.4 is 21.7 Å². The summed E-state index contributed by atoms with van der Waals surface area (Å²) >= 11 is 6.90. The summed E-state index contributed by atoms with van der Waals surface area (Å²) in [5.41, 5.74) is 15.8. The molecule has 1 fully saturated rings. The van der Waals surface area contributed by atoms with Gasteiger partial charge in [-0.05, 0) is 98.4 Å². The van der Waals surface area contributed by atoms with Crippen LogP contribution in [0.15, 0.2) is 21.1 Å². The standard InChI is InChI=1S/C13H17BrN6.C12H17BrN6/c1-8-7-9(2)20(18-8)13-16-11(15)10(14)12(17-13)19-5-3-4-6-19;1-6(2)15-11-9(13)10(14)16-12(17-11)19-8(4)5-7(3)18-19/h7H,3-6H2,1-2H3,(H2,15,16,17);5-6H,1-4H3,(H3,14,15,16,17). The van der Waals surface area contributed by atoms with Crippen LogP contribution in [0.3, 0.4) is 0 Å². The van der Waals surface area contributed by atoms with Crippen LogP contribution in [0.5, 0.6) is 0 Å². The predicted octanol–water partition coefficient (Wildman–Crippen LogP) is 4.67. The molecule has 0 aromatic carbocycles. The van der Waals surface area contributed by atoms with E-state index < -0.39 is 0 Å². The summed E-state index contributed by atoms with van der Waals surface area (Å²) in [6, 6.07) is 4.22. The SMILES string of the molecule is Cc1cc(C)n(-c2nc(N)c(Br)c(N3CCCC3)n2)n1.Cc1cc(C)n(-c2nc(N)c(Br)c(NC(C)C)n2)n1. The Balaban J connectivity index is 0.000000181. The molecule has 0 amide bonds. The zero-order valence-electron chi connectivity index (χ0n) is 23.0. The summed E-state index contributed by atoms with van der Waals surface area (Å²) in [6.07, 6.45) is 2.37. The summed E-state index contributed by atoms with van der Waals surface area (Å²) in [5.74, 6) is 3.36. The van der Waals surface area contributed by atoms with E-state index in [1.165, 1.54) is 12.8 Å². The minimum atomic E-state index is 0.249. The molecule has 4 aromatic rings. The molecular formula is C25H34Br2N12. The lowest BCUT2D eigenvalue weighted by Gasteiger charge is -2.19. The molecule has 14 heteroatoms. The lowest BCUT2D eigenvalue weighted by Crippen LogP contribution is -2.21. The smallest absolute Gasteiger partial charge is 0.254 e. The Kier molecular flexibility index (Phi) is 8.74. The fourth-order valence-corrected chi connectivity index (χ4v) is 4.97. The maximum Gasteiger partial charge on any atom is 0.254 e. The number of hydrogen-bond acceptors (Lipinski definition) is 10. The van der Waals surface area contributed by atoms with Gasteiger partial charge in [-0.25, -0.2) is 9.36 Å². The van der Waals surface area contributed by atoms with Crippen LogP contribution in [0.25, 0.3) is 11.9 Å². The fourth-order valence-electron chi connectivity index (χ4n) is 4.25. The molecule has 0 atom stereocenters. The first-order valence-electron chi connectivity index (χ1n) is 12.7. The normalized spacial score (nSPS) is 13.1. The molecule has 0 saturated carbocycles. The van der Waals surface area contributed by atoms with E-state index in [4.69, 9.17) is 11.5 Å². The van der Waals surface area contributed by atoms with Crippen LogP contribution in [0.1, 0.15) is 49.5 Å². The van der Waals surface area contributed by atoms with E-state index in [1.54, 1.807) is 9.36 Å². The van der Waals surface area contributed by atoms with Crippen LogP contribution in [0, 0.1) is 27.7 Å². The number of nitrogens with two attached hydrogens (primary N) is 2. The molecule has 0 aliphatic carbocycles. The number of nitrogen functional groups attached to an aromatic ring is 2. The first kappa shape index (κ1) is 28.7. The number of rotatable bonds is 5. The molecular weight excluding hydrogens is 628 g/mol. The Morgan fingerprint density at radius 1 is 0.769 bits per heavy atom. The molecule has 0 bridgehead atoms. The average molecular weight is 662 g/mol. The minimum absolute atomic E-state index is 0.249. The van der Waals surface area contributed by atoms with Crippen molar-refractivity contribution in [2.24, 2.45) is 0 Å². The number of aryl methyl sites for hydroxylation is 4. The molecule has 1 aliphatic rings. The van der Waals surface area contributed by atoms with Gasteiger partial charge in [0.05, 0.1) is 11.4 Å². The molecule has 1 saturated heterocycles. The Hall–Kier alpha value is -3.26. The number of anilines is 4. The second-order valence-corrected chi connectivity index (χ2v) is 11.4. The van der Waals surface area contributed by atoms with Gasteiger partial charge in [0.15, 0.2) is 5.82 Å². The minimum Gasteiger partial charge on any atom is -0.383 e. The molecule has 12 nitrogen and oxygen atoms in total. The molecule has 1 aliphatic heterocycles. The molecule has 0 unspecified atom stereocenters. The molecule has 5 heterocycles. The molecule has 5 N–H and O–H groups in total. The van der Waals surface area contributed by atoms with E-state index in [0.717, 1.165) is 46.2 Å². The van der Waals surface area contributed by atoms with Crippen molar-refractivity contribution in [3.63, 3.8) is 0 Å². The van der Waals surface area contributed by atoms with Crippen molar-refractivity contribution >= 4 is 55.1 Å². The van der Waals surface area contributed by atoms with Crippen molar-refractivity contribution in [3.8, 4) is 11.9 Å². The van der Waals surface area contributed by atoms with Crippen LogP contribution in [-0.2, 0) is 0 Å². The van der Waals surface area contributed by atoms with E-state index in [0.29, 0.717) is 33.8 Å². The highest BCUT2D eigenvalue weighted by Crippen LogP contribution is 2.32. The summed E-state index contributed by atoms with van der Waals surface area (Å²) in [7, 11) is 0. The van der Waals surface area contributed by atoms with Crippen LogP contribution >= 0.6 is 31.9 Å². The van der Waals surface area contributed by atoms with Crippen molar-refractivity contribution in [2.45, 2.75) is 60.4 Å². The highest BCUT2D eigenvalue weighted by molar-refractivity contribution is 9.11. The summed E-state index contributed by atoms with van der Waals surface area (Å²) in [4.78, 5) is 20.0. The summed E-state index contributed by atoms with van der Waals surface area (Å²) in [5, 5.41) is 12.0. The van der Waals surface area contributed by atoms with Gasteiger partial charge in [0.2, 0.25) is 0 Å². The largest absolute Gasteiger partial charge is 0.383 e. The third kappa shape index (κ3) is 6.49. The number of nitrogens with zero attached hydrogens (tertiary/aromatic N) is 9. The fraction of sp³-hybridized carbons (Fsp3) is 0.440. The Bertz CT molecular complexity index is 1470. The van der Waals surface area contributed by atoms with Crippen LogP contribution in [-0.4, -0.2) is 58.6 Å². The predicted molar refractivity (Wildman–Crippen MR) is 162 cm³/mol. The van der Waals surface area contributed by atoms with Gasteiger partial charge in [0.1, 0.15) is 26.4 Å². The molecule has 4 aromatic heterocycles.